The fourth-order valence-electron chi connectivity index (χ4n) is 5.25. The van der Waals surface area contributed by atoms with Crippen LogP contribution in [-0.2, 0) is 12.5 Å². The summed E-state index contributed by atoms with van der Waals surface area (Å²) in [5, 5.41) is 8.35. The molecule has 5 aromatic rings. The van der Waals surface area contributed by atoms with Crippen LogP contribution in [0.4, 0.5) is 11.8 Å². The largest absolute Gasteiger partial charge is 0.491 e. The van der Waals surface area contributed by atoms with Crippen molar-refractivity contribution >= 4 is 28.6 Å². The number of ether oxygens (including phenoxy) is 2. The number of aryl methyl sites for hydroxylation is 1. The first kappa shape index (κ1) is 23.9. The maximum atomic E-state index is 6.25. The number of methoxy groups -OCH3 is 1. The summed E-state index contributed by atoms with van der Waals surface area (Å²) >= 11 is 0. The molecule has 0 aliphatic heterocycles. The average molecular weight is 528 g/mol. The molecule has 0 saturated heterocycles. The molecule has 0 aromatic carbocycles. The van der Waals surface area contributed by atoms with Gasteiger partial charge in [-0.25, -0.2) is 15.0 Å². The summed E-state index contributed by atoms with van der Waals surface area (Å²) in [6.45, 7) is 6.67. The lowest BCUT2D eigenvalue weighted by atomic mass is 9.88. The van der Waals surface area contributed by atoms with Gasteiger partial charge >= 0.3 is 0 Å². The highest BCUT2D eigenvalue weighted by Crippen LogP contribution is 2.41. The van der Waals surface area contributed by atoms with Gasteiger partial charge in [0, 0.05) is 30.1 Å². The van der Waals surface area contributed by atoms with Crippen LogP contribution in [0.5, 0.6) is 17.2 Å². The third kappa shape index (κ3) is 4.07. The summed E-state index contributed by atoms with van der Waals surface area (Å²) in [4.78, 5) is 18.4. The Hall–Kier alpha value is -4.15. The molecule has 11 heteroatoms. The van der Waals surface area contributed by atoms with Crippen LogP contribution in [0.15, 0.2) is 30.9 Å². The second-order valence-corrected chi connectivity index (χ2v) is 11.7. The molecule has 2 aliphatic rings. The van der Waals surface area contributed by atoms with Gasteiger partial charge in [0.05, 0.1) is 37.9 Å². The van der Waals surface area contributed by atoms with E-state index in [9.17, 15) is 0 Å². The monoisotopic (exact) mass is 527 g/mol. The molecule has 0 unspecified atom stereocenters. The van der Waals surface area contributed by atoms with E-state index in [2.05, 4.69) is 51.8 Å². The Bertz CT molecular complexity index is 1700. The normalized spacial score (nSPS) is 16.1. The van der Waals surface area contributed by atoms with Gasteiger partial charge in [0.1, 0.15) is 11.3 Å². The van der Waals surface area contributed by atoms with Gasteiger partial charge in [-0.15, -0.1) is 0 Å². The molecule has 11 nitrogen and oxygen atoms in total. The second-order valence-electron chi connectivity index (χ2n) is 11.7. The van der Waals surface area contributed by atoms with E-state index in [1.54, 1.807) is 25.7 Å². The minimum atomic E-state index is -0.0140. The predicted molar refractivity (Wildman–Crippen MR) is 147 cm³/mol. The van der Waals surface area contributed by atoms with Crippen molar-refractivity contribution in [2.75, 3.05) is 12.4 Å². The number of fused-ring (bicyclic) bond motifs is 2. The number of rotatable bonds is 7. The van der Waals surface area contributed by atoms with E-state index < -0.39 is 0 Å². The minimum Gasteiger partial charge on any atom is -0.491 e. The summed E-state index contributed by atoms with van der Waals surface area (Å²) in [5.41, 5.74) is 3.29. The lowest BCUT2D eigenvalue weighted by Crippen LogP contribution is -2.25. The van der Waals surface area contributed by atoms with Crippen LogP contribution in [0.25, 0.3) is 16.8 Å². The van der Waals surface area contributed by atoms with Crippen molar-refractivity contribution in [2.24, 2.45) is 7.05 Å². The molecule has 2 aliphatic carbocycles. The first-order chi connectivity index (χ1) is 18.8. The topological polar surface area (TPSA) is 109 Å². The van der Waals surface area contributed by atoms with Crippen LogP contribution in [0.2, 0.25) is 0 Å². The molecule has 5 heterocycles. The van der Waals surface area contributed by atoms with Gasteiger partial charge in [-0.2, -0.15) is 10.1 Å². The Morgan fingerprint density at radius 2 is 1.85 bits per heavy atom. The van der Waals surface area contributed by atoms with Crippen molar-refractivity contribution in [3.05, 3.63) is 42.4 Å². The number of imidazole rings is 2. The van der Waals surface area contributed by atoms with Gasteiger partial charge in [-0.05, 0) is 32.1 Å². The first-order valence-electron chi connectivity index (χ1n) is 13.6. The molecule has 7 rings (SSSR count). The van der Waals surface area contributed by atoms with Gasteiger partial charge in [0.2, 0.25) is 5.95 Å². The van der Waals surface area contributed by atoms with Crippen molar-refractivity contribution in [1.82, 2.24) is 38.7 Å². The number of aromatic nitrogens is 8. The van der Waals surface area contributed by atoms with E-state index in [1.165, 1.54) is 25.0 Å². The predicted octanol–water partition coefficient (Wildman–Crippen LogP) is 5.65. The molecule has 0 spiro atoms. The summed E-state index contributed by atoms with van der Waals surface area (Å²) in [5.74, 6) is 4.54. The second kappa shape index (κ2) is 8.69. The average Bonchev–Trinajstić information content (AvgIpc) is 3.36. The van der Waals surface area contributed by atoms with Crippen LogP contribution in [0.1, 0.15) is 76.4 Å². The molecule has 0 radical (unpaired) electrons. The van der Waals surface area contributed by atoms with E-state index in [0.29, 0.717) is 40.8 Å². The van der Waals surface area contributed by atoms with Crippen molar-refractivity contribution in [2.45, 2.75) is 70.3 Å². The molecule has 2 fully saturated rings. The Morgan fingerprint density at radius 1 is 1.03 bits per heavy atom. The number of hydrogen-bond donors (Lipinski definition) is 1. The van der Waals surface area contributed by atoms with Gasteiger partial charge < -0.3 is 19.4 Å². The van der Waals surface area contributed by atoms with Crippen LogP contribution < -0.4 is 14.8 Å². The van der Waals surface area contributed by atoms with E-state index >= 15 is 0 Å². The molecule has 202 valence electrons. The molecule has 2 saturated carbocycles. The van der Waals surface area contributed by atoms with Crippen molar-refractivity contribution in [1.29, 1.82) is 0 Å². The van der Waals surface area contributed by atoms with E-state index in [0.717, 1.165) is 35.6 Å². The number of anilines is 2. The van der Waals surface area contributed by atoms with Crippen LogP contribution in [0, 0.1) is 0 Å². The fraction of sp³-hybridized carbons (Fsp3) is 0.464. The summed E-state index contributed by atoms with van der Waals surface area (Å²) in [7, 11) is 3.56. The van der Waals surface area contributed by atoms with E-state index in [-0.39, 0.29) is 5.41 Å². The summed E-state index contributed by atoms with van der Waals surface area (Å²) in [6, 6.07) is 2.60. The highest BCUT2D eigenvalue weighted by Gasteiger charge is 2.30. The molecule has 0 atom stereocenters. The fourth-order valence-corrected chi connectivity index (χ4v) is 5.25. The molecular weight excluding hydrogens is 494 g/mol. The molecule has 0 bridgehead atoms. The Labute approximate surface area is 226 Å². The number of hydrogen-bond acceptors (Lipinski definition) is 8. The van der Waals surface area contributed by atoms with Crippen LogP contribution in [0.3, 0.4) is 0 Å². The van der Waals surface area contributed by atoms with Crippen molar-refractivity contribution in [3.8, 4) is 17.2 Å². The molecule has 5 aromatic heterocycles. The zero-order valence-corrected chi connectivity index (χ0v) is 23.0. The highest BCUT2D eigenvalue weighted by atomic mass is 16.5. The lowest BCUT2D eigenvalue weighted by molar-refractivity contribution is 0.272. The van der Waals surface area contributed by atoms with Crippen molar-refractivity contribution < 1.29 is 9.47 Å². The van der Waals surface area contributed by atoms with Crippen molar-refractivity contribution in [3.63, 3.8) is 0 Å². The Morgan fingerprint density at radius 3 is 2.54 bits per heavy atom. The number of nitrogens with zero attached hydrogens (tertiary/aromatic N) is 8. The molecule has 1 N–H and O–H groups in total. The Kier molecular flexibility index (Phi) is 5.33. The first-order valence-corrected chi connectivity index (χ1v) is 13.6. The zero-order chi connectivity index (χ0) is 26.9. The third-order valence-corrected chi connectivity index (χ3v) is 7.75. The van der Waals surface area contributed by atoms with Gasteiger partial charge in [0.25, 0.3) is 0 Å². The lowest BCUT2D eigenvalue weighted by Gasteiger charge is -2.31. The standard InChI is InChI=1S/C28H33N9O2/c1-28(2,3)20-11-21(34-37(20)17-7-6-8-17)32-27-33-25-23(35(27)4)24(38-5)19(13-30-25)39-18-12-29-22-14-31-26(16-9-10-16)36(22)15-18/h11-17H,6-10H2,1-5H3,(H,30,32,33,34). The highest BCUT2D eigenvalue weighted by molar-refractivity contribution is 5.84. The zero-order valence-electron chi connectivity index (χ0n) is 23.0. The smallest absolute Gasteiger partial charge is 0.211 e. The van der Waals surface area contributed by atoms with Crippen LogP contribution >= 0.6 is 0 Å². The maximum absolute atomic E-state index is 6.25. The van der Waals surface area contributed by atoms with Gasteiger partial charge in [-0.1, -0.05) is 20.8 Å². The van der Waals surface area contributed by atoms with Crippen LogP contribution in [-0.4, -0.2) is 45.8 Å². The molecular formula is C28H33N9O2. The molecule has 0 amide bonds. The van der Waals surface area contributed by atoms with Gasteiger partial charge in [0.15, 0.2) is 34.4 Å². The molecule has 39 heavy (non-hydrogen) atoms. The summed E-state index contributed by atoms with van der Waals surface area (Å²) in [6.07, 6.45) is 13.0. The SMILES string of the molecule is COc1c(Oc2cnc3cnc(C4CC4)n3c2)cnc2nc(Nc3cc(C(C)(C)C)n(C4CCC4)n3)n(C)c12. The Balaban J connectivity index is 1.22. The number of pyridine rings is 1. The quantitative estimate of drug-likeness (QED) is 0.289. The van der Waals surface area contributed by atoms with Gasteiger partial charge in [-0.3, -0.25) is 9.08 Å². The minimum absolute atomic E-state index is 0.0140. The maximum Gasteiger partial charge on any atom is 0.211 e. The van der Waals surface area contributed by atoms with E-state index in [4.69, 9.17) is 19.6 Å². The number of nitrogens with one attached hydrogen (secondary N) is 1. The third-order valence-electron chi connectivity index (χ3n) is 7.75. The summed E-state index contributed by atoms with van der Waals surface area (Å²) < 4.78 is 18.2. The van der Waals surface area contributed by atoms with E-state index in [1.807, 2.05) is 22.2 Å².